The minimum Gasteiger partial charge on any atom is -0.348 e. The summed E-state index contributed by atoms with van der Waals surface area (Å²) in [6.45, 7) is 1.52. The van der Waals surface area contributed by atoms with E-state index in [1.807, 2.05) is 0 Å². The molecule has 0 unspecified atom stereocenters. The Morgan fingerprint density at radius 3 is 2.37 bits per heavy atom. The van der Waals surface area contributed by atoms with Gasteiger partial charge in [-0.15, -0.1) is 0 Å². The first kappa shape index (κ1) is 20.8. The van der Waals surface area contributed by atoms with Gasteiger partial charge >= 0.3 is 6.18 Å². The molecular formula is C18H19F3N2O3S. The monoisotopic (exact) mass is 400 g/mol. The number of hydrogen-bond donors (Lipinski definition) is 1. The molecule has 5 nitrogen and oxygen atoms in total. The first-order valence-electron chi connectivity index (χ1n) is 7.89. The van der Waals surface area contributed by atoms with Crippen LogP contribution in [-0.4, -0.2) is 27.6 Å². The van der Waals surface area contributed by atoms with Crippen LogP contribution in [0.25, 0.3) is 0 Å². The van der Waals surface area contributed by atoms with Gasteiger partial charge in [-0.25, -0.2) is 8.42 Å². The molecular weight excluding hydrogens is 381 g/mol. The Hall–Kier alpha value is -2.55. The number of anilines is 1. The van der Waals surface area contributed by atoms with Crippen LogP contribution in [0, 0.1) is 6.92 Å². The van der Waals surface area contributed by atoms with Crippen molar-refractivity contribution in [2.45, 2.75) is 19.6 Å². The second kappa shape index (κ2) is 7.59. The number of nitrogens with zero attached hydrogens (tertiary/aromatic N) is 1. The zero-order chi connectivity index (χ0) is 20.4. The molecule has 0 aliphatic heterocycles. The second-order valence-electron chi connectivity index (χ2n) is 6.06. The van der Waals surface area contributed by atoms with Crippen molar-refractivity contribution in [3.63, 3.8) is 0 Å². The predicted octanol–water partition coefficient (Wildman–Crippen LogP) is 3.34. The predicted molar refractivity (Wildman–Crippen MR) is 97.0 cm³/mol. The molecule has 146 valence electrons. The quantitative estimate of drug-likeness (QED) is 0.837. The molecule has 9 heteroatoms. The fourth-order valence-electron chi connectivity index (χ4n) is 2.52. The van der Waals surface area contributed by atoms with Gasteiger partial charge in [0.1, 0.15) is 0 Å². The Bertz CT molecular complexity index is 957. The Morgan fingerprint density at radius 2 is 1.78 bits per heavy atom. The van der Waals surface area contributed by atoms with E-state index in [9.17, 15) is 26.4 Å². The standard InChI is InChI=1S/C18H19F3N2O3S/c1-12-15(8-5-9-16(12)23(2)27(3,25)26)17(24)22-11-13-6-4-7-14(10-13)18(19,20)21/h4-10H,11H2,1-3H3,(H,22,24). The lowest BCUT2D eigenvalue weighted by Gasteiger charge is -2.20. The second-order valence-corrected chi connectivity index (χ2v) is 8.07. The van der Waals surface area contributed by atoms with Crippen molar-refractivity contribution in [1.29, 1.82) is 0 Å². The van der Waals surface area contributed by atoms with Gasteiger partial charge in [-0.3, -0.25) is 9.10 Å². The van der Waals surface area contributed by atoms with Crippen molar-refractivity contribution in [3.8, 4) is 0 Å². The molecule has 2 aromatic carbocycles. The Kier molecular flexibility index (Phi) is 5.84. The Morgan fingerprint density at radius 1 is 1.15 bits per heavy atom. The summed E-state index contributed by atoms with van der Waals surface area (Å²) in [6.07, 6.45) is -3.41. The lowest BCUT2D eigenvalue weighted by Crippen LogP contribution is -2.28. The molecule has 2 aromatic rings. The van der Waals surface area contributed by atoms with Gasteiger partial charge in [-0.05, 0) is 42.3 Å². The van der Waals surface area contributed by atoms with E-state index in [1.54, 1.807) is 19.1 Å². The maximum absolute atomic E-state index is 12.8. The summed E-state index contributed by atoms with van der Waals surface area (Å²) in [5, 5.41) is 2.57. The third kappa shape index (κ3) is 5.00. The lowest BCUT2D eigenvalue weighted by molar-refractivity contribution is -0.137. The van der Waals surface area contributed by atoms with Crippen LogP contribution >= 0.6 is 0 Å². The smallest absolute Gasteiger partial charge is 0.348 e. The molecule has 0 bridgehead atoms. The number of rotatable bonds is 5. The highest BCUT2D eigenvalue weighted by Gasteiger charge is 2.30. The van der Waals surface area contributed by atoms with Crippen LogP contribution in [0.5, 0.6) is 0 Å². The lowest BCUT2D eigenvalue weighted by atomic mass is 10.1. The van der Waals surface area contributed by atoms with Crippen LogP contribution in [0.2, 0.25) is 0 Å². The number of halogens is 3. The third-order valence-electron chi connectivity index (χ3n) is 4.09. The minimum atomic E-state index is -4.46. The van der Waals surface area contributed by atoms with E-state index in [2.05, 4.69) is 5.32 Å². The number of nitrogens with one attached hydrogen (secondary N) is 1. The van der Waals surface area contributed by atoms with Crippen LogP contribution in [0.3, 0.4) is 0 Å². The van der Waals surface area contributed by atoms with Crippen molar-refractivity contribution >= 4 is 21.6 Å². The summed E-state index contributed by atoms with van der Waals surface area (Å²) in [5.74, 6) is -0.506. The van der Waals surface area contributed by atoms with Crippen LogP contribution < -0.4 is 9.62 Å². The molecule has 0 atom stereocenters. The molecule has 0 spiro atoms. The molecule has 0 radical (unpaired) electrons. The van der Waals surface area contributed by atoms with Crippen molar-refractivity contribution in [1.82, 2.24) is 5.32 Å². The molecule has 27 heavy (non-hydrogen) atoms. The van der Waals surface area contributed by atoms with Gasteiger partial charge in [0, 0.05) is 19.2 Å². The molecule has 1 N–H and O–H groups in total. The minimum absolute atomic E-state index is 0.0890. The van der Waals surface area contributed by atoms with Gasteiger partial charge in [-0.1, -0.05) is 18.2 Å². The van der Waals surface area contributed by atoms with E-state index in [0.717, 1.165) is 22.7 Å². The fraction of sp³-hybridized carbons (Fsp3) is 0.278. The molecule has 1 amide bonds. The average Bonchev–Trinajstić information content (AvgIpc) is 2.58. The Labute approximate surface area is 155 Å². The van der Waals surface area contributed by atoms with Crippen molar-refractivity contribution in [3.05, 3.63) is 64.7 Å². The number of hydrogen-bond acceptors (Lipinski definition) is 3. The number of carbonyl (C=O) groups is 1. The summed E-state index contributed by atoms with van der Waals surface area (Å²) in [6, 6.07) is 9.33. The number of carbonyl (C=O) groups excluding carboxylic acids is 1. The van der Waals surface area contributed by atoms with Gasteiger partial charge in [0.15, 0.2) is 0 Å². The van der Waals surface area contributed by atoms with Crippen LogP contribution in [0.15, 0.2) is 42.5 Å². The number of sulfonamides is 1. The highest BCUT2D eigenvalue weighted by atomic mass is 32.2. The highest BCUT2D eigenvalue weighted by molar-refractivity contribution is 7.92. The maximum Gasteiger partial charge on any atom is 0.416 e. The van der Waals surface area contributed by atoms with Gasteiger partial charge in [0.05, 0.1) is 17.5 Å². The zero-order valence-corrected chi connectivity index (χ0v) is 15.8. The zero-order valence-electron chi connectivity index (χ0n) is 15.0. The molecule has 0 aliphatic rings. The normalized spacial score (nSPS) is 11.9. The largest absolute Gasteiger partial charge is 0.416 e. The third-order valence-corrected chi connectivity index (χ3v) is 5.29. The van der Waals surface area contributed by atoms with Crippen molar-refractivity contribution in [2.75, 3.05) is 17.6 Å². The van der Waals surface area contributed by atoms with E-state index in [0.29, 0.717) is 16.8 Å². The maximum atomic E-state index is 12.8. The molecule has 0 fully saturated rings. The molecule has 0 aromatic heterocycles. The Balaban J connectivity index is 2.20. The van der Waals surface area contributed by atoms with E-state index >= 15 is 0 Å². The molecule has 0 aliphatic carbocycles. The summed E-state index contributed by atoms with van der Waals surface area (Å²) < 4.78 is 62.8. The topological polar surface area (TPSA) is 66.5 Å². The summed E-state index contributed by atoms with van der Waals surface area (Å²) in [4.78, 5) is 12.4. The summed E-state index contributed by atoms with van der Waals surface area (Å²) in [5.41, 5.74) is 0.564. The van der Waals surface area contributed by atoms with Gasteiger partial charge in [0.2, 0.25) is 10.0 Å². The van der Waals surface area contributed by atoms with Crippen LogP contribution in [0.1, 0.15) is 27.0 Å². The highest BCUT2D eigenvalue weighted by Crippen LogP contribution is 2.29. The fourth-order valence-corrected chi connectivity index (χ4v) is 3.08. The van der Waals surface area contributed by atoms with E-state index in [4.69, 9.17) is 0 Å². The SMILES string of the molecule is Cc1c(C(=O)NCc2cccc(C(F)(F)F)c2)cccc1N(C)S(C)(=O)=O. The van der Waals surface area contributed by atoms with Gasteiger partial charge < -0.3 is 5.32 Å². The van der Waals surface area contributed by atoms with Gasteiger partial charge in [-0.2, -0.15) is 13.2 Å². The molecule has 0 saturated carbocycles. The first-order valence-corrected chi connectivity index (χ1v) is 9.74. The number of amides is 1. The number of alkyl halides is 3. The van der Waals surface area contributed by atoms with E-state index < -0.39 is 27.7 Å². The molecule has 2 rings (SSSR count). The van der Waals surface area contributed by atoms with Crippen LogP contribution in [-0.2, 0) is 22.7 Å². The van der Waals surface area contributed by atoms with Crippen LogP contribution in [0.4, 0.5) is 18.9 Å². The van der Waals surface area contributed by atoms with E-state index in [1.165, 1.54) is 25.2 Å². The molecule has 0 heterocycles. The van der Waals surface area contributed by atoms with Gasteiger partial charge in [0.25, 0.3) is 5.91 Å². The summed E-state index contributed by atoms with van der Waals surface area (Å²) in [7, 11) is -2.12. The van der Waals surface area contributed by atoms with E-state index in [-0.39, 0.29) is 12.1 Å². The number of benzene rings is 2. The first-order chi connectivity index (χ1) is 12.4. The average molecular weight is 400 g/mol. The summed E-state index contributed by atoms with van der Waals surface area (Å²) >= 11 is 0. The van der Waals surface area contributed by atoms with Crippen molar-refractivity contribution in [2.24, 2.45) is 0 Å². The van der Waals surface area contributed by atoms with Crippen molar-refractivity contribution < 1.29 is 26.4 Å². The molecule has 0 saturated heterocycles.